The molecule has 0 aromatic rings. The Morgan fingerprint density at radius 1 is 1.53 bits per heavy atom. The number of nitrogens with one attached hydrogen (secondary N) is 2. The van der Waals surface area contributed by atoms with Gasteiger partial charge >= 0.3 is 0 Å². The fraction of sp³-hybridized carbons (Fsp3) is 0.923. The Balaban J connectivity index is 0.00000324. The predicted molar refractivity (Wildman–Crippen MR) is 77.8 cm³/mol. The van der Waals surface area contributed by atoms with Crippen molar-refractivity contribution in [2.75, 3.05) is 32.9 Å². The molecule has 1 aliphatic rings. The molecule has 1 saturated heterocycles. The molecule has 1 amide bonds. The highest BCUT2D eigenvalue weighted by Crippen LogP contribution is 2.11. The molecule has 6 heteroatoms. The maximum atomic E-state index is 11.5. The monoisotopic (exact) mass is 294 g/mol. The summed E-state index contributed by atoms with van der Waals surface area (Å²) >= 11 is 0. The van der Waals surface area contributed by atoms with Crippen LogP contribution in [0, 0.1) is 0 Å². The minimum Gasteiger partial charge on any atom is -0.378 e. The van der Waals surface area contributed by atoms with Crippen molar-refractivity contribution in [1.82, 2.24) is 10.6 Å². The lowest BCUT2D eigenvalue weighted by atomic mass is 10.2. The van der Waals surface area contributed by atoms with E-state index in [0.717, 1.165) is 26.0 Å². The Bertz CT molecular complexity index is 236. The van der Waals surface area contributed by atoms with Crippen LogP contribution in [0.2, 0.25) is 0 Å². The van der Waals surface area contributed by atoms with Crippen LogP contribution >= 0.6 is 12.4 Å². The summed E-state index contributed by atoms with van der Waals surface area (Å²) < 4.78 is 10.9. The molecule has 5 nitrogen and oxygen atoms in total. The van der Waals surface area contributed by atoms with Crippen LogP contribution in [-0.4, -0.2) is 51.0 Å². The second-order valence-corrected chi connectivity index (χ2v) is 4.72. The van der Waals surface area contributed by atoms with E-state index < -0.39 is 0 Å². The van der Waals surface area contributed by atoms with Crippen LogP contribution in [0.1, 0.15) is 33.1 Å². The summed E-state index contributed by atoms with van der Waals surface area (Å²) in [5.41, 5.74) is 0. The molecule has 19 heavy (non-hydrogen) atoms. The number of hydrogen-bond donors (Lipinski definition) is 2. The van der Waals surface area contributed by atoms with E-state index in [0.29, 0.717) is 32.2 Å². The third-order valence-electron chi connectivity index (χ3n) is 2.96. The maximum absolute atomic E-state index is 11.5. The van der Waals surface area contributed by atoms with Gasteiger partial charge in [0.1, 0.15) is 0 Å². The minimum atomic E-state index is 0. The lowest BCUT2D eigenvalue weighted by molar-refractivity contribution is -0.122. The first-order valence-corrected chi connectivity index (χ1v) is 6.91. The summed E-state index contributed by atoms with van der Waals surface area (Å²) in [5, 5.41) is 6.13. The van der Waals surface area contributed by atoms with Crippen LogP contribution in [-0.2, 0) is 14.3 Å². The van der Waals surface area contributed by atoms with E-state index in [1.165, 1.54) is 0 Å². The highest BCUT2D eigenvalue weighted by atomic mass is 35.5. The molecule has 1 unspecified atom stereocenters. The molecule has 0 saturated carbocycles. The van der Waals surface area contributed by atoms with Gasteiger partial charge in [-0.3, -0.25) is 4.79 Å². The lowest BCUT2D eigenvalue weighted by Crippen LogP contribution is -2.39. The Morgan fingerprint density at radius 3 is 2.95 bits per heavy atom. The second kappa shape index (κ2) is 11.5. The van der Waals surface area contributed by atoms with E-state index in [4.69, 9.17) is 9.47 Å². The van der Waals surface area contributed by atoms with E-state index in [2.05, 4.69) is 24.5 Å². The standard InChI is InChI=1S/C13H26N2O3.ClH/c1-3-14-11(2)9-15-13(16)6-8-17-10-12-5-4-7-18-12;/h11-12,14H,3-10H2,1-2H3,(H,15,16);1H/t11-,12?;/m1./s1. The quantitative estimate of drug-likeness (QED) is 0.626. The van der Waals surface area contributed by atoms with Crippen molar-refractivity contribution in [2.24, 2.45) is 0 Å². The average Bonchev–Trinajstić information content (AvgIpc) is 2.85. The fourth-order valence-corrected chi connectivity index (χ4v) is 1.93. The van der Waals surface area contributed by atoms with Gasteiger partial charge in [-0.05, 0) is 26.3 Å². The molecule has 114 valence electrons. The van der Waals surface area contributed by atoms with Gasteiger partial charge in [0.25, 0.3) is 0 Å². The highest BCUT2D eigenvalue weighted by molar-refractivity contribution is 5.85. The van der Waals surface area contributed by atoms with Gasteiger partial charge in [0.2, 0.25) is 5.91 Å². The molecular formula is C13H27ClN2O3. The summed E-state index contributed by atoms with van der Waals surface area (Å²) in [6.45, 7) is 7.62. The molecule has 1 fully saturated rings. The molecule has 0 aromatic carbocycles. The number of ether oxygens (including phenoxy) is 2. The summed E-state index contributed by atoms with van der Waals surface area (Å²) in [6.07, 6.45) is 2.86. The highest BCUT2D eigenvalue weighted by Gasteiger charge is 2.15. The largest absolute Gasteiger partial charge is 0.378 e. The maximum Gasteiger partial charge on any atom is 0.222 e. The third kappa shape index (κ3) is 9.21. The van der Waals surface area contributed by atoms with E-state index in [1.54, 1.807) is 0 Å². The molecule has 2 N–H and O–H groups in total. The van der Waals surface area contributed by atoms with Crippen molar-refractivity contribution < 1.29 is 14.3 Å². The van der Waals surface area contributed by atoms with E-state index in [1.807, 2.05) is 0 Å². The molecule has 0 aromatic heterocycles. The second-order valence-electron chi connectivity index (χ2n) is 4.72. The zero-order valence-electron chi connectivity index (χ0n) is 11.9. The number of halogens is 1. The van der Waals surface area contributed by atoms with Crippen LogP contribution in [0.4, 0.5) is 0 Å². The predicted octanol–water partition coefficient (Wildman–Crippen LogP) is 1.11. The number of rotatable bonds is 9. The fourth-order valence-electron chi connectivity index (χ4n) is 1.93. The number of carbonyl (C=O) groups excluding carboxylic acids is 1. The Kier molecular flexibility index (Phi) is 11.2. The summed E-state index contributed by atoms with van der Waals surface area (Å²) in [7, 11) is 0. The van der Waals surface area contributed by atoms with Gasteiger partial charge in [-0.25, -0.2) is 0 Å². The van der Waals surface area contributed by atoms with Gasteiger partial charge < -0.3 is 20.1 Å². The smallest absolute Gasteiger partial charge is 0.222 e. The van der Waals surface area contributed by atoms with Gasteiger partial charge in [0.15, 0.2) is 0 Å². The van der Waals surface area contributed by atoms with Gasteiger partial charge in [-0.2, -0.15) is 0 Å². The molecular weight excluding hydrogens is 268 g/mol. The topological polar surface area (TPSA) is 59.6 Å². The van der Waals surface area contributed by atoms with Gasteiger partial charge in [-0.1, -0.05) is 6.92 Å². The van der Waals surface area contributed by atoms with E-state index in [-0.39, 0.29) is 24.4 Å². The van der Waals surface area contributed by atoms with Crippen molar-refractivity contribution >= 4 is 18.3 Å². The van der Waals surface area contributed by atoms with Crippen LogP contribution in [0.3, 0.4) is 0 Å². The molecule has 0 bridgehead atoms. The number of likely N-dealkylation sites (N-methyl/N-ethyl adjacent to an activating group) is 1. The molecule has 0 aliphatic carbocycles. The zero-order chi connectivity index (χ0) is 13.2. The van der Waals surface area contributed by atoms with Gasteiger partial charge in [0.05, 0.1) is 19.3 Å². The zero-order valence-corrected chi connectivity index (χ0v) is 12.8. The summed E-state index contributed by atoms with van der Waals surface area (Å²) in [6, 6.07) is 0.312. The van der Waals surface area contributed by atoms with Crippen molar-refractivity contribution in [1.29, 1.82) is 0 Å². The minimum absolute atomic E-state index is 0. The molecule has 1 heterocycles. The van der Waals surface area contributed by atoms with Crippen LogP contribution in [0.5, 0.6) is 0 Å². The first-order valence-electron chi connectivity index (χ1n) is 6.91. The van der Waals surface area contributed by atoms with E-state index >= 15 is 0 Å². The molecule has 1 aliphatic heterocycles. The third-order valence-corrected chi connectivity index (χ3v) is 2.96. The first kappa shape index (κ1) is 18.6. The first-order chi connectivity index (χ1) is 8.72. The summed E-state index contributed by atoms with van der Waals surface area (Å²) in [5.74, 6) is 0.0482. The van der Waals surface area contributed by atoms with E-state index in [9.17, 15) is 4.79 Å². The Morgan fingerprint density at radius 2 is 2.32 bits per heavy atom. The molecule has 0 spiro atoms. The Hall–Kier alpha value is -0.360. The molecule has 2 atom stereocenters. The number of hydrogen-bond acceptors (Lipinski definition) is 4. The van der Waals surface area contributed by atoms with Crippen molar-refractivity contribution in [3.05, 3.63) is 0 Å². The lowest BCUT2D eigenvalue weighted by Gasteiger charge is -2.13. The Labute approximate surface area is 122 Å². The van der Waals surface area contributed by atoms with Crippen LogP contribution in [0.25, 0.3) is 0 Å². The average molecular weight is 295 g/mol. The normalized spacial score (nSPS) is 19.8. The number of carbonyl (C=O) groups is 1. The van der Waals surface area contributed by atoms with Crippen LogP contribution < -0.4 is 10.6 Å². The van der Waals surface area contributed by atoms with Crippen molar-refractivity contribution in [2.45, 2.75) is 45.3 Å². The number of amides is 1. The van der Waals surface area contributed by atoms with Crippen LogP contribution in [0.15, 0.2) is 0 Å². The van der Waals surface area contributed by atoms with Gasteiger partial charge in [0, 0.05) is 25.6 Å². The van der Waals surface area contributed by atoms with Crippen molar-refractivity contribution in [3.63, 3.8) is 0 Å². The SMILES string of the molecule is CCN[C@H](C)CNC(=O)CCOCC1CCCO1.Cl. The molecule has 1 rings (SSSR count). The van der Waals surface area contributed by atoms with Crippen molar-refractivity contribution in [3.8, 4) is 0 Å². The van der Waals surface area contributed by atoms with Gasteiger partial charge in [-0.15, -0.1) is 12.4 Å². The molecule has 0 radical (unpaired) electrons. The summed E-state index contributed by atoms with van der Waals surface area (Å²) in [4.78, 5) is 11.5.